The van der Waals surface area contributed by atoms with Crippen LogP contribution < -0.4 is 0 Å². The van der Waals surface area contributed by atoms with Gasteiger partial charge >= 0.3 is 0 Å². The van der Waals surface area contributed by atoms with Crippen molar-refractivity contribution < 1.29 is 17.9 Å². The molecule has 164 valence electrons. The van der Waals surface area contributed by atoms with E-state index in [0.717, 1.165) is 21.3 Å². The first-order valence-electron chi connectivity index (χ1n) is 10.0. The minimum Gasteiger partial charge on any atom is -0.385 e. The van der Waals surface area contributed by atoms with Crippen LogP contribution in [0.25, 0.3) is 0 Å². The molecule has 0 aliphatic carbocycles. The lowest BCUT2D eigenvalue weighted by Gasteiger charge is -2.08. The SMILES string of the molecule is CC.CC.CCOC.Fc1ccc([S+](c2ccc(F)cc2)c2ccc(F)cc2)cc1. The zero-order valence-electron chi connectivity index (χ0n) is 18.6. The lowest BCUT2D eigenvalue weighted by Crippen LogP contribution is -2.05. The molecule has 3 rings (SSSR count). The van der Waals surface area contributed by atoms with E-state index in [1.54, 1.807) is 43.5 Å². The highest BCUT2D eigenvalue weighted by atomic mass is 32.2. The minimum absolute atomic E-state index is 0.314. The summed E-state index contributed by atoms with van der Waals surface area (Å²) in [7, 11) is 1.14. The zero-order valence-corrected chi connectivity index (χ0v) is 19.4. The molecule has 0 atom stereocenters. The summed E-state index contributed by atoms with van der Waals surface area (Å²) in [6, 6.07) is 18.5. The first-order valence-corrected chi connectivity index (χ1v) is 11.3. The van der Waals surface area contributed by atoms with Gasteiger partial charge in [0.1, 0.15) is 17.5 Å². The summed E-state index contributed by atoms with van der Waals surface area (Å²) >= 11 is 0. The Balaban J connectivity index is 0.000000924. The summed E-state index contributed by atoms with van der Waals surface area (Å²) in [4.78, 5) is 2.67. The first-order chi connectivity index (χ1) is 14.5. The molecule has 30 heavy (non-hydrogen) atoms. The number of ether oxygens (including phenoxy) is 1. The number of halogens is 3. The van der Waals surface area contributed by atoms with Crippen molar-refractivity contribution >= 4 is 10.9 Å². The van der Waals surface area contributed by atoms with Gasteiger partial charge < -0.3 is 4.74 Å². The quantitative estimate of drug-likeness (QED) is 0.377. The van der Waals surface area contributed by atoms with Gasteiger partial charge in [-0.05, 0) is 79.7 Å². The van der Waals surface area contributed by atoms with E-state index in [0.29, 0.717) is 0 Å². The standard InChI is InChI=1S/C18H12F3S.C3H8O.2C2H6/c19-13-1-7-16(8-2-13)22(17-9-3-14(20)4-10-17)18-11-5-15(21)6-12-18;1-3-4-2;2*1-2/h1-12H;3H2,1-2H3;2*1-2H3/q+1;;;. The average Bonchev–Trinajstić information content (AvgIpc) is 2.80. The topological polar surface area (TPSA) is 9.23 Å². The van der Waals surface area contributed by atoms with Crippen LogP contribution in [0, 0.1) is 17.5 Å². The second kappa shape index (κ2) is 16.5. The molecule has 5 heteroatoms. The molecule has 0 aliphatic rings. The summed E-state index contributed by atoms with van der Waals surface area (Å²) in [5.41, 5.74) is 0. The molecule has 0 radical (unpaired) electrons. The molecular weight excluding hydrogens is 405 g/mol. The van der Waals surface area contributed by atoms with Crippen LogP contribution >= 0.6 is 0 Å². The Morgan fingerprint density at radius 2 is 0.767 bits per heavy atom. The van der Waals surface area contributed by atoms with Gasteiger partial charge in [-0.15, -0.1) is 0 Å². The maximum absolute atomic E-state index is 13.2. The van der Waals surface area contributed by atoms with Gasteiger partial charge in [-0.1, -0.05) is 27.7 Å². The third-order valence-electron chi connectivity index (χ3n) is 3.44. The minimum atomic E-state index is -0.539. The number of hydrogen-bond donors (Lipinski definition) is 0. The Hall–Kier alpha value is -2.24. The van der Waals surface area contributed by atoms with Crippen LogP contribution in [0.2, 0.25) is 0 Å². The Morgan fingerprint density at radius 1 is 0.567 bits per heavy atom. The highest BCUT2D eigenvalue weighted by molar-refractivity contribution is 7.97. The van der Waals surface area contributed by atoms with Crippen LogP contribution in [0.5, 0.6) is 0 Å². The number of rotatable bonds is 4. The van der Waals surface area contributed by atoms with Crippen molar-refractivity contribution in [1.82, 2.24) is 0 Å². The molecule has 3 aromatic carbocycles. The van der Waals surface area contributed by atoms with Crippen molar-refractivity contribution in [3.05, 3.63) is 90.2 Å². The van der Waals surface area contributed by atoms with Gasteiger partial charge in [-0.25, -0.2) is 13.2 Å². The van der Waals surface area contributed by atoms with Crippen LogP contribution in [0.4, 0.5) is 13.2 Å². The fourth-order valence-corrected chi connectivity index (χ4v) is 4.16. The number of hydrogen-bond acceptors (Lipinski definition) is 1. The molecule has 3 aromatic rings. The van der Waals surface area contributed by atoms with Crippen LogP contribution in [-0.4, -0.2) is 13.7 Å². The Bertz CT molecular complexity index is 678. The maximum Gasteiger partial charge on any atom is 0.166 e. The van der Waals surface area contributed by atoms with E-state index < -0.39 is 10.9 Å². The Kier molecular flexibility index (Phi) is 15.3. The average molecular weight is 438 g/mol. The van der Waals surface area contributed by atoms with Crippen LogP contribution in [0.3, 0.4) is 0 Å². The van der Waals surface area contributed by atoms with Gasteiger partial charge in [-0.2, -0.15) is 0 Å². The largest absolute Gasteiger partial charge is 0.385 e. The molecule has 0 aromatic heterocycles. The van der Waals surface area contributed by atoms with E-state index in [-0.39, 0.29) is 17.5 Å². The Labute approximate surface area is 182 Å². The van der Waals surface area contributed by atoms with Crippen molar-refractivity contribution in [1.29, 1.82) is 0 Å². The fourth-order valence-electron chi connectivity index (χ4n) is 2.12. The van der Waals surface area contributed by atoms with Crippen molar-refractivity contribution in [2.24, 2.45) is 0 Å². The molecule has 0 aliphatic heterocycles. The van der Waals surface area contributed by atoms with E-state index in [1.165, 1.54) is 36.4 Å². The van der Waals surface area contributed by atoms with Gasteiger partial charge in [0.15, 0.2) is 14.7 Å². The second-order valence-corrected chi connectivity index (χ2v) is 7.27. The third-order valence-corrected chi connectivity index (χ3v) is 5.67. The molecular formula is C25H32F3OS+. The monoisotopic (exact) mass is 437 g/mol. The van der Waals surface area contributed by atoms with Crippen LogP contribution in [0.15, 0.2) is 87.5 Å². The van der Waals surface area contributed by atoms with Crippen molar-refractivity contribution in [3.8, 4) is 0 Å². The fraction of sp³-hybridized carbons (Fsp3) is 0.280. The van der Waals surface area contributed by atoms with Gasteiger partial charge in [0.2, 0.25) is 0 Å². The van der Waals surface area contributed by atoms with Crippen molar-refractivity contribution in [2.45, 2.75) is 49.3 Å². The van der Waals surface area contributed by atoms with E-state index in [1.807, 2.05) is 34.6 Å². The summed E-state index contributed by atoms with van der Waals surface area (Å²) in [6.45, 7) is 10.8. The molecule has 0 saturated heterocycles. The lowest BCUT2D eigenvalue weighted by molar-refractivity contribution is 0.215. The summed E-state index contributed by atoms with van der Waals surface area (Å²) in [5, 5.41) is 0. The van der Waals surface area contributed by atoms with Crippen LogP contribution in [0.1, 0.15) is 34.6 Å². The third kappa shape index (κ3) is 9.51. The highest BCUT2D eigenvalue weighted by Gasteiger charge is 2.28. The highest BCUT2D eigenvalue weighted by Crippen LogP contribution is 2.31. The van der Waals surface area contributed by atoms with Gasteiger partial charge in [-0.3, -0.25) is 0 Å². The molecule has 0 amide bonds. The molecule has 0 heterocycles. The van der Waals surface area contributed by atoms with E-state index in [4.69, 9.17) is 0 Å². The molecule has 0 bridgehead atoms. The van der Waals surface area contributed by atoms with Crippen LogP contribution in [-0.2, 0) is 15.6 Å². The summed E-state index contributed by atoms with van der Waals surface area (Å²) in [5.74, 6) is -0.943. The first kappa shape index (κ1) is 27.8. The summed E-state index contributed by atoms with van der Waals surface area (Å²) < 4.78 is 44.0. The molecule has 1 nitrogen and oxygen atoms in total. The van der Waals surface area contributed by atoms with Gasteiger partial charge in [0.25, 0.3) is 0 Å². The van der Waals surface area contributed by atoms with E-state index >= 15 is 0 Å². The lowest BCUT2D eigenvalue weighted by atomic mass is 10.3. The number of benzene rings is 3. The maximum atomic E-state index is 13.2. The normalized spacial score (nSPS) is 9.40. The zero-order chi connectivity index (χ0) is 22.9. The van der Waals surface area contributed by atoms with Crippen molar-refractivity contribution in [3.63, 3.8) is 0 Å². The van der Waals surface area contributed by atoms with Gasteiger partial charge in [0, 0.05) is 13.7 Å². The molecule has 0 spiro atoms. The molecule has 0 unspecified atom stereocenters. The molecule has 0 fully saturated rings. The van der Waals surface area contributed by atoms with E-state index in [9.17, 15) is 13.2 Å². The predicted molar refractivity (Wildman–Crippen MR) is 122 cm³/mol. The second-order valence-electron chi connectivity index (χ2n) is 5.25. The molecule has 0 N–H and O–H groups in total. The summed E-state index contributed by atoms with van der Waals surface area (Å²) in [6.07, 6.45) is 0. The van der Waals surface area contributed by atoms with E-state index in [2.05, 4.69) is 4.74 Å². The number of methoxy groups -OCH3 is 1. The Morgan fingerprint density at radius 3 is 0.933 bits per heavy atom. The van der Waals surface area contributed by atoms with Gasteiger partial charge in [0.05, 0.1) is 10.9 Å². The predicted octanol–water partition coefficient (Wildman–Crippen LogP) is 7.90. The smallest absolute Gasteiger partial charge is 0.166 e. The van der Waals surface area contributed by atoms with Crippen molar-refractivity contribution in [2.75, 3.05) is 13.7 Å². The molecule has 0 saturated carbocycles.